The smallest absolute Gasteiger partial charge is 0.224 e. The number of aliphatic hydroxyl groups is 1. The molecule has 110 valence electrons. The van der Waals surface area contributed by atoms with Crippen LogP contribution in [0.25, 0.3) is 10.4 Å². The number of carbonyl (C=O) groups excluding carboxylic acids is 1. The molecule has 1 aromatic carbocycles. The van der Waals surface area contributed by atoms with E-state index in [1.807, 2.05) is 0 Å². The van der Waals surface area contributed by atoms with Gasteiger partial charge < -0.3 is 9.84 Å². The Kier molecular flexibility index (Phi) is 4.86. The molecule has 8 nitrogen and oxygen atoms in total. The Balaban J connectivity index is 2.03. The zero-order valence-corrected chi connectivity index (χ0v) is 11.1. The van der Waals surface area contributed by atoms with Crippen LogP contribution in [-0.4, -0.2) is 29.8 Å². The summed E-state index contributed by atoms with van der Waals surface area (Å²) in [6, 6.07) is 6.38. The molecule has 0 amide bonds. The highest BCUT2D eigenvalue weighted by atomic mass is 16.5. The Labute approximate surface area is 120 Å². The number of benzene rings is 1. The number of rotatable bonds is 8. The van der Waals surface area contributed by atoms with Gasteiger partial charge in [-0.1, -0.05) is 5.11 Å². The van der Waals surface area contributed by atoms with E-state index in [0.29, 0.717) is 11.3 Å². The van der Waals surface area contributed by atoms with Crippen molar-refractivity contribution in [3.8, 4) is 5.75 Å². The maximum absolute atomic E-state index is 11.8. The van der Waals surface area contributed by atoms with Gasteiger partial charge in [-0.15, -0.1) is 4.91 Å². The zero-order valence-electron chi connectivity index (χ0n) is 11.1. The van der Waals surface area contributed by atoms with Gasteiger partial charge >= 0.3 is 0 Å². The van der Waals surface area contributed by atoms with Crippen LogP contribution in [0.2, 0.25) is 0 Å². The summed E-state index contributed by atoms with van der Waals surface area (Å²) in [6.45, 7) is -0.230. The molecule has 8 heteroatoms. The van der Waals surface area contributed by atoms with E-state index < -0.39 is 12.3 Å². The molecule has 2 rings (SSSR count). The van der Waals surface area contributed by atoms with Gasteiger partial charge in [0.05, 0.1) is 6.54 Å². The summed E-state index contributed by atoms with van der Waals surface area (Å²) in [5.41, 5.74) is 8.87. The molecule has 0 spiro atoms. The molecule has 0 radical (unpaired) electrons. The van der Waals surface area contributed by atoms with Crippen molar-refractivity contribution in [2.24, 2.45) is 16.2 Å². The first-order valence-electron chi connectivity index (χ1n) is 6.48. The topological polar surface area (TPSA) is 125 Å². The van der Waals surface area contributed by atoms with Crippen molar-refractivity contribution in [2.75, 3.05) is 6.54 Å². The van der Waals surface area contributed by atoms with Crippen LogP contribution in [0.1, 0.15) is 23.2 Å². The summed E-state index contributed by atoms with van der Waals surface area (Å²) in [4.78, 5) is 24.8. The minimum Gasteiger partial charge on any atom is -0.485 e. The molecule has 0 aromatic heterocycles. The van der Waals surface area contributed by atoms with Crippen LogP contribution in [0.4, 0.5) is 0 Å². The average Bonchev–Trinajstić information content (AvgIpc) is 3.35. The molecule has 2 atom stereocenters. The number of hydrogen-bond acceptors (Lipinski definition) is 6. The fourth-order valence-electron chi connectivity index (χ4n) is 1.83. The summed E-state index contributed by atoms with van der Waals surface area (Å²) in [5.74, 6) is 0.598. The van der Waals surface area contributed by atoms with Gasteiger partial charge in [-0.25, -0.2) is 0 Å². The van der Waals surface area contributed by atoms with Crippen molar-refractivity contribution < 1.29 is 14.6 Å². The first kappa shape index (κ1) is 15.0. The predicted octanol–water partition coefficient (Wildman–Crippen LogP) is 2.42. The molecule has 1 fully saturated rings. The van der Waals surface area contributed by atoms with E-state index in [4.69, 9.17) is 10.3 Å². The molecule has 0 heterocycles. The van der Waals surface area contributed by atoms with Gasteiger partial charge in [0.15, 0.2) is 11.9 Å². The van der Waals surface area contributed by atoms with Gasteiger partial charge in [-0.05, 0) is 47.8 Å². The summed E-state index contributed by atoms with van der Waals surface area (Å²) in [7, 11) is 0. The van der Waals surface area contributed by atoms with Crippen LogP contribution >= 0.6 is 0 Å². The fraction of sp³-hybridized carbons (Fsp3) is 0.462. The molecule has 1 saturated carbocycles. The summed E-state index contributed by atoms with van der Waals surface area (Å²) in [5, 5.41) is 15.1. The van der Waals surface area contributed by atoms with Crippen molar-refractivity contribution in [3.63, 3.8) is 0 Å². The molecule has 1 aromatic rings. The van der Waals surface area contributed by atoms with E-state index in [2.05, 4.69) is 15.2 Å². The Morgan fingerprint density at radius 3 is 2.62 bits per heavy atom. The normalized spacial score (nSPS) is 16.4. The van der Waals surface area contributed by atoms with E-state index >= 15 is 0 Å². The molecule has 2 unspecified atom stereocenters. The highest BCUT2D eigenvalue weighted by Crippen LogP contribution is 2.32. The van der Waals surface area contributed by atoms with Gasteiger partial charge in [0.25, 0.3) is 0 Å². The van der Waals surface area contributed by atoms with E-state index in [1.165, 1.54) is 0 Å². The highest BCUT2D eigenvalue weighted by molar-refractivity contribution is 5.99. The largest absolute Gasteiger partial charge is 0.485 e. The number of ketones is 1. The maximum atomic E-state index is 11.8. The lowest BCUT2D eigenvalue weighted by molar-refractivity contribution is 0.0467. The molecule has 1 aliphatic rings. The van der Waals surface area contributed by atoms with Crippen LogP contribution in [0.5, 0.6) is 5.75 Å². The third-order valence-corrected chi connectivity index (χ3v) is 3.14. The van der Waals surface area contributed by atoms with Crippen molar-refractivity contribution >= 4 is 5.78 Å². The van der Waals surface area contributed by atoms with E-state index in [1.54, 1.807) is 24.3 Å². The number of hydrogen-bond donors (Lipinski definition) is 1. The lowest BCUT2D eigenvalue weighted by Crippen LogP contribution is -2.32. The maximum Gasteiger partial charge on any atom is 0.224 e. The van der Waals surface area contributed by atoms with E-state index in [0.717, 1.165) is 12.8 Å². The zero-order chi connectivity index (χ0) is 15.2. The molecule has 21 heavy (non-hydrogen) atoms. The third-order valence-electron chi connectivity index (χ3n) is 3.14. The molecular formula is C13H14N4O4. The van der Waals surface area contributed by atoms with Gasteiger partial charge in [0, 0.05) is 16.4 Å². The average molecular weight is 290 g/mol. The van der Waals surface area contributed by atoms with Crippen LogP contribution in [-0.2, 0) is 0 Å². The Morgan fingerprint density at radius 1 is 1.43 bits per heavy atom. The van der Waals surface area contributed by atoms with Gasteiger partial charge in [0.2, 0.25) is 6.23 Å². The molecular weight excluding hydrogens is 276 g/mol. The summed E-state index contributed by atoms with van der Waals surface area (Å²) < 4.78 is 5.36. The Bertz CT molecular complexity index is 564. The van der Waals surface area contributed by atoms with Crippen molar-refractivity contribution in [1.82, 2.24) is 0 Å². The van der Waals surface area contributed by atoms with Gasteiger partial charge in [-0.3, -0.25) is 4.79 Å². The quantitative estimate of drug-likeness (QED) is 0.259. The number of ether oxygens (including phenoxy) is 1. The first-order chi connectivity index (χ1) is 10.2. The molecule has 1 N–H and O–H groups in total. The second-order valence-electron chi connectivity index (χ2n) is 4.75. The second-order valence-corrected chi connectivity index (χ2v) is 4.75. The number of nitrogens with zero attached hydrogens (tertiary/aromatic N) is 4. The predicted molar refractivity (Wildman–Crippen MR) is 73.7 cm³/mol. The SMILES string of the molecule is [N-]=[N+]=NCC(Oc1ccc(C(=O)C2CC2)cc1)C(O)N=O. The number of Topliss-reactive ketones (excluding diaryl/α,β-unsaturated/α-hetero) is 1. The lowest BCUT2D eigenvalue weighted by Gasteiger charge is -2.18. The number of aliphatic hydroxyl groups excluding tert-OH is 1. The Hall–Kier alpha value is -2.44. The second kappa shape index (κ2) is 6.83. The lowest BCUT2D eigenvalue weighted by atomic mass is 10.1. The minimum absolute atomic E-state index is 0.113. The Morgan fingerprint density at radius 2 is 2.10 bits per heavy atom. The summed E-state index contributed by atoms with van der Waals surface area (Å²) >= 11 is 0. The highest BCUT2D eigenvalue weighted by Gasteiger charge is 2.30. The van der Waals surface area contributed by atoms with E-state index in [-0.39, 0.29) is 18.2 Å². The standard InChI is InChI=1S/C13H14N4O4/c14-17-15-7-11(13(19)16-20)21-10-5-3-9(4-6-10)12(18)8-1-2-8/h3-6,8,11,13,19H,1-2,7H2. The first-order valence-corrected chi connectivity index (χ1v) is 6.48. The van der Waals surface area contributed by atoms with Crippen LogP contribution in [0.3, 0.4) is 0 Å². The monoisotopic (exact) mass is 290 g/mol. The van der Waals surface area contributed by atoms with Crippen LogP contribution < -0.4 is 4.74 Å². The van der Waals surface area contributed by atoms with E-state index in [9.17, 15) is 14.8 Å². The summed E-state index contributed by atoms with van der Waals surface area (Å²) in [6.07, 6.45) is -0.836. The van der Waals surface area contributed by atoms with Crippen molar-refractivity contribution in [3.05, 3.63) is 45.2 Å². The fourth-order valence-corrected chi connectivity index (χ4v) is 1.83. The van der Waals surface area contributed by atoms with Crippen molar-refractivity contribution in [1.29, 1.82) is 0 Å². The number of nitroso groups, excluding NO2 is 1. The van der Waals surface area contributed by atoms with Crippen LogP contribution in [0.15, 0.2) is 34.6 Å². The van der Waals surface area contributed by atoms with Crippen molar-refractivity contribution in [2.45, 2.75) is 25.2 Å². The van der Waals surface area contributed by atoms with Gasteiger partial charge in [0.1, 0.15) is 5.75 Å². The van der Waals surface area contributed by atoms with Crippen LogP contribution in [0, 0.1) is 10.8 Å². The molecule has 0 saturated heterocycles. The number of azide groups is 1. The number of carbonyl (C=O) groups is 1. The molecule has 0 aliphatic heterocycles. The molecule has 0 bridgehead atoms. The molecule has 1 aliphatic carbocycles. The van der Waals surface area contributed by atoms with Gasteiger partial charge in [-0.2, -0.15) is 0 Å². The third kappa shape index (κ3) is 4.01. The minimum atomic E-state index is -1.64.